The number of nitrogens with zero attached hydrogens (tertiary/aromatic N) is 1. The van der Waals surface area contributed by atoms with Crippen molar-refractivity contribution in [3.63, 3.8) is 0 Å². The van der Waals surface area contributed by atoms with Gasteiger partial charge in [-0.25, -0.2) is 4.39 Å². The molecule has 6 rings (SSSR count). The van der Waals surface area contributed by atoms with Gasteiger partial charge >= 0.3 is 0 Å². The molecule has 216 valence electrons. The van der Waals surface area contributed by atoms with Crippen molar-refractivity contribution in [2.75, 3.05) is 39.5 Å². The SMILES string of the molecule is CC1=C(c2ccc(F)cc2)C(c2ccc(OCCN3CC(CF)C3)cc2)Oc2cc(C)c(OC3CCCCO3)cc21. The van der Waals surface area contributed by atoms with E-state index in [1.165, 1.54) is 12.1 Å². The van der Waals surface area contributed by atoms with Gasteiger partial charge < -0.3 is 18.9 Å². The fraction of sp³-hybridized carbons (Fsp3) is 0.412. The van der Waals surface area contributed by atoms with Crippen LogP contribution in [0.25, 0.3) is 11.1 Å². The van der Waals surface area contributed by atoms with Gasteiger partial charge in [-0.1, -0.05) is 24.3 Å². The molecule has 0 N–H and O–H groups in total. The second-order valence-electron chi connectivity index (χ2n) is 11.3. The van der Waals surface area contributed by atoms with Crippen LogP contribution in [0.1, 0.15) is 54.5 Å². The molecule has 0 aromatic heterocycles. The van der Waals surface area contributed by atoms with Crippen molar-refractivity contribution in [2.24, 2.45) is 5.92 Å². The molecular formula is C34H37F2NO4. The van der Waals surface area contributed by atoms with Crippen LogP contribution in [-0.4, -0.2) is 50.7 Å². The molecule has 2 fully saturated rings. The molecule has 0 radical (unpaired) electrons. The van der Waals surface area contributed by atoms with Crippen LogP contribution in [0.4, 0.5) is 8.78 Å². The molecule has 41 heavy (non-hydrogen) atoms. The van der Waals surface area contributed by atoms with Crippen LogP contribution in [-0.2, 0) is 4.74 Å². The Morgan fingerprint density at radius 3 is 2.46 bits per heavy atom. The van der Waals surface area contributed by atoms with Crippen molar-refractivity contribution in [2.45, 2.75) is 45.5 Å². The van der Waals surface area contributed by atoms with Crippen molar-refractivity contribution >= 4 is 11.1 Å². The van der Waals surface area contributed by atoms with Crippen LogP contribution < -0.4 is 14.2 Å². The summed E-state index contributed by atoms with van der Waals surface area (Å²) in [5.74, 6) is 2.25. The highest BCUT2D eigenvalue weighted by Gasteiger charge is 2.31. The van der Waals surface area contributed by atoms with Gasteiger partial charge in [0.15, 0.2) is 6.29 Å². The van der Waals surface area contributed by atoms with E-state index < -0.39 is 0 Å². The minimum atomic E-state index is -0.381. The van der Waals surface area contributed by atoms with Gasteiger partial charge in [0.1, 0.15) is 35.8 Å². The second kappa shape index (κ2) is 12.2. The molecule has 0 aliphatic carbocycles. The Morgan fingerprint density at radius 1 is 0.976 bits per heavy atom. The molecule has 2 atom stereocenters. The third-order valence-corrected chi connectivity index (χ3v) is 8.25. The van der Waals surface area contributed by atoms with E-state index in [-0.39, 0.29) is 30.8 Å². The second-order valence-corrected chi connectivity index (χ2v) is 11.3. The molecule has 3 aliphatic heterocycles. The maximum Gasteiger partial charge on any atom is 0.199 e. The van der Waals surface area contributed by atoms with E-state index >= 15 is 0 Å². The Morgan fingerprint density at radius 2 is 1.76 bits per heavy atom. The summed E-state index contributed by atoms with van der Waals surface area (Å²) in [6, 6.07) is 18.6. The zero-order valence-electron chi connectivity index (χ0n) is 23.7. The van der Waals surface area contributed by atoms with Crippen LogP contribution in [0.3, 0.4) is 0 Å². The highest BCUT2D eigenvalue weighted by molar-refractivity contribution is 5.95. The number of hydrogen-bond donors (Lipinski definition) is 0. The van der Waals surface area contributed by atoms with Gasteiger partial charge in [0, 0.05) is 43.1 Å². The number of aryl methyl sites for hydroxylation is 1. The van der Waals surface area contributed by atoms with Gasteiger partial charge in [-0.05, 0) is 85.4 Å². The molecule has 0 spiro atoms. The lowest BCUT2D eigenvalue weighted by Gasteiger charge is -2.37. The monoisotopic (exact) mass is 561 g/mol. The molecular weight excluding hydrogens is 524 g/mol. The number of rotatable bonds is 9. The third kappa shape index (κ3) is 6.11. The molecule has 3 aliphatic rings. The van der Waals surface area contributed by atoms with Crippen LogP contribution >= 0.6 is 0 Å². The van der Waals surface area contributed by atoms with E-state index in [1.54, 1.807) is 12.1 Å². The number of allylic oxidation sites excluding steroid dienone is 1. The third-order valence-electron chi connectivity index (χ3n) is 8.25. The highest BCUT2D eigenvalue weighted by atomic mass is 19.1. The van der Waals surface area contributed by atoms with E-state index in [4.69, 9.17) is 18.9 Å². The molecule has 3 aromatic rings. The summed E-state index contributed by atoms with van der Waals surface area (Å²) in [4.78, 5) is 2.20. The van der Waals surface area contributed by atoms with E-state index in [1.807, 2.05) is 43.3 Å². The molecule has 0 amide bonds. The fourth-order valence-electron chi connectivity index (χ4n) is 5.87. The summed E-state index contributed by atoms with van der Waals surface area (Å²) < 4.78 is 51.3. The topological polar surface area (TPSA) is 40.2 Å². The summed E-state index contributed by atoms with van der Waals surface area (Å²) in [5, 5.41) is 0. The van der Waals surface area contributed by atoms with E-state index in [0.717, 1.165) is 96.2 Å². The van der Waals surface area contributed by atoms with Gasteiger partial charge in [-0.15, -0.1) is 0 Å². The Bertz CT molecular complexity index is 1380. The Hall–Kier alpha value is -3.42. The summed E-state index contributed by atoms with van der Waals surface area (Å²) in [7, 11) is 0. The van der Waals surface area contributed by atoms with Crippen molar-refractivity contribution in [1.29, 1.82) is 0 Å². The molecule has 7 heteroatoms. The first-order valence-electron chi connectivity index (χ1n) is 14.6. The molecule has 0 bridgehead atoms. The first-order chi connectivity index (χ1) is 20.0. The van der Waals surface area contributed by atoms with E-state index in [0.29, 0.717) is 6.61 Å². The number of fused-ring (bicyclic) bond motifs is 1. The minimum Gasteiger partial charge on any atom is -0.492 e. The number of benzene rings is 3. The number of halogens is 2. The highest BCUT2D eigenvalue weighted by Crippen LogP contribution is 2.48. The standard InChI is InChI=1S/C34H37F2NO4/c1-22-17-31-29(18-30(22)40-32-5-3-4-15-39-32)23(2)33(25-6-10-27(36)11-7-25)34(41-31)26-8-12-28(13-9-26)38-16-14-37-20-24(19-35)21-37/h6-13,17-18,24,32,34H,3-5,14-16,19-21H2,1-2H3. The molecule has 3 aromatic carbocycles. The lowest BCUT2D eigenvalue weighted by Crippen LogP contribution is -2.49. The Kier molecular flexibility index (Phi) is 8.26. The predicted molar refractivity (Wildman–Crippen MR) is 155 cm³/mol. The van der Waals surface area contributed by atoms with Crippen molar-refractivity contribution in [3.8, 4) is 17.2 Å². The van der Waals surface area contributed by atoms with Gasteiger partial charge in [0.25, 0.3) is 0 Å². The van der Waals surface area contributed by atoms with Crippen molar-refractivity contribution in [1.82, 2.24) is 4.90 Å². The lowest BCUT2D eigenvalue weighted by molar-refractivity contribution is -0.106. The molecule has 0 saturated carbocycles. The lowest BCUT2D eigenvalue weighted by atomic mass is 9.85. The minimum absolute atomic E-state index is 0.176. The quantitative estimate of drug-likeness (QED) is 0.273. The smallest absolute Gasteiger partial charge is 0.199 e. The van der Waals surface area contributed by atoms with E-state index in [9.17, 15) is 8.78 Å². The van der Waals surface area contributed by atoms with Gasteiger partial charge in [0.2, 0.25) is 0 Å². The maximum absolute atomic E-state index is 13.9. The maximum atomic E-state index is 13.9. The summed E-state index contributed by atoms with van der Waals surface area (Å²) >= 11 is 0. The van der Waals surface area contributed by atoms with Crippen LogP contribution in [0.15, 0.2) is 60.7 Å². The number of likely N-dealkylation sites (tertiary alicyclic amines) is 1. The van der Waals surface area contributed by atoms with Crippen molar-refractivity contribution < 1.29 is 27.7 Å². The number of alkyl halides is 1. The van der Waals surface area contributed by atoms with Gasteiger partial charge in [0.05, 0.1) is 13.3 Å². The average molecular weight is 562 g/mol. The Labute approximate surface area is 240 Å². The van der Waals surface area contributed by atoms with Crippen LogP contribution in [0.5, 0.6) is 17.2 Å². The van der Waals surface area contributed by atoms with E-state index in [2.05, 4.69) is 11.8 Å². The normalized spacial score (nSPS) is 21.2. The van der Waals surface area contributed by atoms with Crippen LogP contribution in [0, 0.1) is 18.7 Å². The first kappa shape index (κ1) is 27.7. The van der Waals surface area contributed by atoms with Crippen LogP contribution in [0.2, 0.25) is 0 Å². The largest absolute Gasteiger partial charge is 0.492 e. The van der Waals surface area contributed by atoms with Gasteiger partial charge in [-0.2, -0.15) is 0 Å². The molecule has 2 saturated heterocycles. The summed E-state index contributed by atoms with van der Waals surface area (Å²) in [5.41, 5.74) is 5.86. The predicted octanol–water partition coefficient (Wildman–Crippen LogP) is 7.38. The van der Waals surface area contributed by atoms with Crippen molar-refractivity contribution in [3.05, 3.63) is 88.7 Å². The Balaban J connectivity index is 1.26. The number of ether oxygens (including phenoxy) is 4. The molecule has 3 heterocycles. The molecule has 5 nitrogen and oxygen atoms in total. The first-order valence-corrected chi connectivity index (χ1v) is 14.6. The summed E-state index contributed by atoms with van der Waals surface area (Å²) in [6.07, 6.45) is 2.42. The summed E-state index contributed by atoms with van der Waals surface area (Å²) in [6.45, 7) is 7.54. The number of hydrogen-bond acceptors (Lipinski definition) is 5. The zero-order valence-corrected chi connectivity index (χ0v) is 23.7. The van der Waals surface area contributed by atoms with Gasteiger partial charge in [-0.3, -0.25) is 9.29 Å². The average Bonchev–Trinajstić information content (AvgIpc) is 2.96. The fourth-order valence-corrected chi connectivity index (χ4v) is 5.87. The molecule has 2 unspecified atom stereocenters. The zero-order chi connectivity index (χ0) is 28.3.